The second-order valence-corrected chi connectivity index (χ2v) is 7.37. The van der Waals surface area contributed by atoms with E-state index in [4.69, 9.17) is 4.74 Å². The number of carbonyl (C=O) groups is 2. The summed E-state index contributed by atoms with van der Waals surface area (Å²) in [7, 11) is 1.54. The van der Waals surface area contributed by atoms with Gasteiger partial charge in [0.2, 0.25) is 11.8 Å². The number of amidine groups is 1. The number of methoxy groups -OCH3 is 1. The first-order chi connectivity index (χ1) is 13.9. The molecule has 9 heteroatoms. The number of benzene rings is 2. The summed E-state index contributed by atoms with van der Waals surface area (Å²) in [6.07, 6.45) is -0.00656. The van der Waals surface area contributed by atoms with Gasteiger partial charge < -0.3 is 15.4 Å². The number of carbonyl (C=O) groups excluding carboxylic acids is 2. The van der Waals surface area contributed by atoms with Gasteiger partial charge in [0.25, 0.3) is 0 Å². The highest BCUT2D eigenvalue weighted by molar-refractivity contribution is 8.15. The Morgan fingerprint density at radius 2 is 2.03 bits per heavy atom. The van der Waals surface area contributed by atoms with Crippen LogP contribution >= 0.6 is 11.8 Å². The van der Waals surface area contributed by atoms with Gasteiger partial charge in [0, 0.05) is 18.2 Å². The van der Waals surface area contributed by atoms with Crippen LogP contribution in [0.2, 0.25) is 0 Å². The van der Waals surface area contributed by atoms with Crippen LogP contribution in [0.1, 0.15) is 18.9 Å². The molecular weight excluding hydrogens is 395 g/mol. The van der Waals surface area contributed by atoms with Crippen molar-refractivity contribution in [1.29, 1.82) is 0 Å². The van der Waals surface area contributed by atoms with E-state index in [-0.39, 0.29) is 24.1 Å². The van der Waals surface area contributed by atoms with Crippen molar-refractivity contribution < 1.29 is 18.7 Å². The molecule has 0 saturated carbocycles. The lowest BCUT2D eigenvalue weighted by Crippen LogP contribution is -2.28. The van der Waals surface area contributed by atoms with E-state index in [0.717, 1.165) is 17.3 Å². The number of hydrogen-bond donors (Lipinski definition) is 2. The molecule has 2 amide bonds. The molecule has 29 heavy (non-hydrogen) atoms. The summed E-state index contributed by atoms with van der Waals surface area (Å²) in [5, 5.41) is 13.2. The number of thioether (sulfide) groups is 1. The first-order valence-corrected chi connectivity index (χ1v) is 9.62. The van der Waals surface area contributed by atoms with Crippen molar-refractivity contribution in [2.24, 2.45) is 10.2 Å². The number of halogens is 1. The van der Waals surface area contributed by atoms with Crippen LogP contribution in [0.4, 0.5) is 10.1 Å². The van der Waals surface area contributed by atoms with Crippen molar-refractivity contribution in [2.75, 3.05) is 12.4 Å². The quantitative estimate of drug-likeness (QED) is 0.561. The summed E-state index contributed by atoms with van der Waals surface area (Å²) in [5.41, 5.74) is 1.89. The van der Waals surface area contributed by atoms with Gasteiger partial charge in [-0.1, -0.05) is 30.0 Å². The molecule has 1 aliphatic rings. The lowest BCUT2D eigenvalue weighted by molar-refractivity contribution is -0.122. The maximum Gasteiger partial charge on any atom is 0.240 e. The van der Waals surface area contributed by atoms with Crippen molar-refractivity contribution in [3.05, 3.63) is 59.9 Å². The molecule has 7 nitrogen and oxygen atoms in total. The van der Waals surface area contributed by atoms with E-state index in [9.17, 15) is 14.0 Å². The minimum absolute atomic E-state index is 0.00656. The maximum absolute atomic E-state index is 13.0. The van der Waals surface area contributed by atoms with E-state index >= 15 is 0 Å². The Labute approximate surface area is 171 Å². The first-order valence-electron chi connectivity index (χ1n) is 8.74. The van der Waals surface area contributed by atoms with Crippen LogP contribution in [0.5, 0.6) is 5.75 Å². The second-order valence-electron chi connectivity index (χ2n) is 6.18. The topological polar surface area (TPSA) is 92.2 Å². The number of hydrogen-bond acceptors (Lipinski definition) is 6. The molecule has 2 aromatic carbocycles. The van der Waals surface area contributed by atoms with Crippen LogP contribution in [0.3, 0.4) is 0 Å². The number of nitrogens with zero attached hydrogens (tertiary/aromatic N) is 2. The van der Waals surface area contributed by atoms with E-state index in [1.165, 1.54) is 12.1 Å². The number of anilines is 1. The van der Waals surface area contributed by atoms with Crippen molar-refractivity contribution in [3.63, 3.8) is 0 Å². The van der Waals surface area contributed by atoms with Crippen LogP contribution in [-0.2, 0) is 9.59 Å². The predicted octanol–water partition coefficient (Wildman–Crippen LogP) is 3.17. The van der Waals surface area contributed by atoms with E-state index < -0.39 is 5.25 Å². The molecule has 0 spiro atoms. The van der Waals surface area contributed by atoms with Gasteiger partial charge in [-0.2, -0.15) is 5.10 Å². The summed E-state index contributed by atoms with van der Waals surface area (Å²) in [6.45, 7) is 1.73. The lowest BCUT2D eigenvalue weighted by atomic mass is 10.1. The Morgan fingerprint density at radius 3 is 2.76 bits per heavy atom. The molecule has 3 rings (SSSR count). The molecule has 0 aromatic heterocycles. The normalized spacial score (nSPS) is 17.9. The third kappa shape index (κ3) is 5.64. The summed E-state index contributed by atoms with van der Waals surface area (Å²) < 4.78 is 18.1. The zero-order valence-corrected chi connectivity index (χ0v) is 16.6. The molecular formula is C20H19FN4O3S. The molecule has 1 heterocycles. The highest BCUT2D eigenvalue weighted by atomic mass is 32.2. The van der Waals surface area contributed by atoms with Crippen LogP contribution in [-0.4, -0.2) is 35.1 Å². The smallest absolute Gasteiger partial charge is 0.240 e. The Morgan fingerprint density at radius 1 is 1.28 bits per heavy atom. The predicted molar refractivity (Wildman–Crippen MR) is 112 cm³/mol. The van der Waals surface area contributed by atoms with Crippen molar-refractivity contribution >= 4 is 40.1 Å². The second kappa shape index (κ2) is 9.33. The third-order valence-corrected chi connectivity index (χ3v) is 5.13. The summed E-state index contributed by atoms with van der Waals surface area (Å²) >= 11 is 1.14. The monoisotopic (exact) mass is 414 g/mol. The maximum atomic E-state index is 13.0. The van der Waals surface area contributed by atoms with Crippen LogP contribution in [0.25, 0.3) is 0 Å². The lowest BCUT2D eigenvalue weighted by Gasteiger charge is -2.08. The number of ether oxygens (including phenoxy) is 1. The molecule has 1 atom stereocenters. The average molecular weight is 414 g/mol. The summed E-state index contributed by atoms with van der Waals surface area (Å²) in [6, 6.07) is 12.8. The minimum atomic E-state index is -0.597. The van der Waals surface area contributed by atoms with Gasteiger partial charge >= 0.3 is 0 Å². The van der Waals surface area contributed by atoms with Crippen molar-refractivity contribution in [1.82, 2.24) is 5.32 Å². The zero-order valence-electron chi connectivity index (χ0n) is 15.8. The highest BCUT2D eigenvalue weighted by Gasteiger charge is 2.32. The fraction of sp³-hybridized carbons (Fsp3) is 0.200. The SMILES string of the molecule is COc1cccc(NC(=O)C[C@@H]2S/C(=N\N=C(\C)c3ccc(F)cc3)NC2=O)c1. The molecule has 2 aromatic rings. The number of amides is 2. The molecule has 1 fully saturated rings. The van der Waals surface area contributed by atoms with Gasteiger partial charge in [-0.3, -0.25) is 9.59 Å². The third-order valence-electron chi connectivity index (χ3n) is 4.05. The van der Waals surface area contributed by atoms with Crippen LogP contribution in [0, 0.1) is 5.82 Å². The standard InChI is InChI=1S/C20H19FN4O3S/c1-12(13-6-8-14(21)9-7-13)24-25-20-23-19(27)17(29-20)11-18(26)22-15-4-3-5-16(10-15)28-2/h3-10,17H,11H2,1-2H3,(H,22,26)(H,23,25,27)/b24-12-/t17-/m0/s1. The van der Waals surface area contributed by atoms with Crippen molar-refractivity contribution in [2.45, 2.75) is 18.6 Å². The fourth-order valence-electron chi connectivity index (χ4n) is 2.54. The number of rotatable bonds is 6. The summed E-state index contributed by atoms with van der Waals surface area (Å²) in [4.78, 5) is 24.4. The first kappa shape index (κ1) is 20.5. The molecule has 1 saturated heterocycles. The van der Waals surface area contributed by atoms with Crippen molar-refractivity contribution in [3.8, 4) is 5.75 Å². The zero-order chi connectivity index (χ0) is 20.8. The summed E-state index contributed by atoms with van der Waals surface area (Å²) in [5.74, 6) is -0.302. The van der Waals surface area contributed by atoms with Gasteiger partial charge in [0.05, 0.1) is 12.8 Å². The van der Waals surface area contributed by atoms with E-state index in [0.29, 0.717) is 22.3 Å². The highest BCUT2D eigenvalue weighted by Crippen LogP contribution is 2.24. The van der Waals surface area contributed by atoms with Crippen LogP contribution < -0.4 is 15.4 Å². The van der Waals surface area contributed by atoms with Gasteiger partial charge in [0.15, 0.2) is 5.17 Å². The van der Waals surface area contributed by atoms with Gasteiger partial charge in [-0.25, -0.2) is 4.39 Å². The fourth-order valence-corrected chi connectivity index (χ4v) is 3.45. The van der Waals surface area contributed by atoms with E-state index in [2.05, 4.69) is 20.8 Å². The van der Waals surface area contributed by atoms with Gasteiger partial charge in [-0.15, -0.1) is 5.10 Å². The van der Waals surface area contributed by atoms with Crippen LogP contribution in [0.15, 0.2) is 58.7 Å². The molecule has 2 N–H and O–H groups in total. The molecule has 0 radical (unpaired) electrons. The van der Waals surface area contributed by atoms with E-state index in [1.807, 2.05) is 0 Å². The van der Waals surface area contributed by atoms with Gasteiger partial charge in [0.1, 0.15) is 16.8 Å². The number of nitrogens with one attached hydrogen (secondary N) is 2. The van der Waals surface area contributed by atoms with Gasteiger partial charge in [-0.05, 0) is 36.8 Å². The Balaban J connectivity index is 1.59. The minimum Gasteiger partial charge on any atom is -0.497 e. The van der Waals surface area contributed by atoms with E-state index in [1.54, 1.807) is 50.4 Å². The molecule has 1 aliphatic heterocycles. The molecule has 0 bridgehead atoms. The molecule has 150 valence electrons. The molecule has 0 aliphatic carbocycles. The Hall–Kier alpha value is -3.20. The largest absolute Gasteiger partial charge is 0.497 e. The Kier molecular flexibility index (Phi) is 6.61. The average Bonchev–Trinajstić information content (AvgIpc) is 3.06. The Bertz CT molecular complexity index is 976. The molecule has 0 unspecified atom stereocenters.